The first-order chi connectivity index (χ1) is 6.16. The quantitative estimate of drug-likeness (QED) is 0.566. The average molecular weight is 201 g/mol. The second kappa shape index (κ2) is 4.41. The van der Waals surface area contributed by atoms with E-state index in [0.717, 1.165) is 0 Å². The van der Waals surface area contributed by atoms with Gasteiger partial charge >= 0.3 is 0 Å². The van der Waals surface area contributed by atoms with Crippen molar-refractivity contribution in [3.8, 4) is 0 Å². The molecule has 2 unspecified atom stereocenters. The molecule has 0 heterocycles. The first-order valence-electron chi connectivity index (χ1n) is 4.51. The third-order valence-electron chi connectivity index (χ3n) is 2.00. The average Bonchev–Trinajstić information content (AvgIpc) is 2.00. The van der Waals surface area contributed by atoms with Gasteiger partial charge in [0, 0.05) is 0 Å². The van der Waals surface area contributed by atoms with Crippen LogP contribution in [0.5, 0.6) is 0 Å². The molecule has 5 heteroatoms. The van der Waals surface area contributed by atoms with Crippen LogP contribution in [-0.2, 0) is 9.59 Å². The van der Waals surface area contributed by atoms with Crippen molar-refractivity contribution < 1.29 is 9.59 Å². The molecular weight excluding hydrogens is 182 g/mol. The van der Waals surface area contributed by atoms with Crippen LogP contribution in [0.2, 0.25) is 0 Å². The van der Waals surface area contributed by atoms with Gasteiger partial charge in [-0.2, -0.15) is 0 Å². The lowest BCUT2D eigenvalue weighted by Crippen LogP contribution is -2.53. The summed E-state index contributed by atoms with van der Waals surface area (Å²) in [5.74, 6) is -0.928. The minimum Gasteiger partial charge on any atom is -0.368 e. The van der Waals surface area contributed by atoms with Crippen molar-refractivity contribution >= 4 is 11.8 Å². The van der Waals surface area contributed by atoms with Crippen LogP contribution in [0.25, 0.3) is 0 Å². The van der Waals surface area contributed by atoms with Crippen molar-refractivity contribution in [3.63, 3.8) is 0 Å². The third kappa shape index (κ3) is 3.74. The highest BCUT2D eigenvalue weighted by Gasteiger charge is 2.28. The minimum absolute atomic E-state index is 0.332. The van der Waals surface area contributed by atoms with E-state index >= 15 is 0 Å². The van der Waals surface area contributed by atoms with E-state index in [2.05, 4.69) is 5.32 Å². The highest BCUT2D eigenvalue weighted by atomic mass is 16.2. The molecule has 5 N–H and O–H groups in total. The Hall–Kier alpha value is -1.10. The predicted octanol–water partition coefficient (Wildman–Crippen LogP) is -0.650. The normalized spacial score (nSPS) is 15.8. The van der Waals surface area contributed by atoms with Gasteiger partial charge in [-0.1, -0.05) is 20.8 Å². The van der Waals surface area contributed by atoms with Crippen LogP contribution in [0.4, 0.5) is 0 Å². The van der Waals surface area contributed by atoms with E-state index in [0.29, 0.717) is 0 Å². The van der Waals surface area contributed by atoms with Crippen molar-refractivity contribution in [1.82, 2.24) is 5.32 Å². The molecule has 0 saturated carbocycles. The summed E-state index contributed by atoms with van der Waals surface area (Å²) in [5, 5.41) is 2.45. The summed E-state index contributed by atoms with van der Waals surface area (Å²) in [5.41, 5.74) is 10.3. The van der Waals surface area contributed by atoms with Gasteiger partial charge in [0.1, 0.15) is 6.04 Å². The molecule has 2 atom stereocenters. The van der Waals surface area contributed by atoms with Crippen LogP contribution < -0.4 is 16.8 Å². The van der Waals surface area contributed by atoms with Crippen LogP contribution in [0.15, 0.2) is 0 Å². The van der Waals surface area contributed by atoms with Gasteiger partial charge in [-0.3, -0.25) is 9.59 Å². The van der Waals surface area contributed by atoms with Gasteiger partial charge in [-0.25, -0.2) is 0 Å². The molecule has 0 aromatic carbocycles. The summed E-state index contributed by atoms with van der Waals surface area (Å²) >= 11 is 0. The van der Waals surface area contributed by atoms with E-state index in [9.17, 15) is 9.59 Å². The van der Waals surface area contributed by atoms with E-state index in [4.69, 9.17) is 11.5 Å². The van der Waals surface area contributed by atoms with Crippen LogP contribution in [0, 0.1) is 5.41 Å². The molecule has 14 heavy (non-hydrogen) atoms. The predicted molar refractivity (Wildman–Crippen MR) is 54.2 cm³/mol. The van der Waals surface area contributed by atoms with Gasteiger partial charge in [0.15, 0.2) is 0 Å². The highest BCUT2D eigenvalue weighted by molar-refractivity contribution is 5.88. The van der Waals surface area contributed by atoms with Crippen molar-refractivity contribution in [1.29, 1.82) is 0 Å². The van der Waals surface area contributed by atoms with E-state index in [1.54, 1.807) is 0 Å². The molecule has 0 aliphatic rings. The Morgan fingerprint density at radius 1 is 1.29 bits per heavy atom. The molecule has 82 valence electrons. The number of carbonyl (C=O) groups excluding carboxylic acids is 2. The number of carbonyl (C=O) groups is 2. The van der Waals surface area contributed by atoms with Gasteiger partial charge in [-0.15, -0.1) is 0 Å². The van der Waals surface area contributed by atoms with Gasteiger partial charge < -0.3 is 16.8 Å². The van der Waals surface area contributed by atoms with Crippen LogP contribution in [-0.4, -0.2) is 23.9 Å². The highest BCUT2D eigenvalue weighted by Crippen LogP contribution is 2.17. The maximum atomic E-state index is 11.5. The lowest BCUT2D eigenvalue weighted by Gasteiger charge is -2.26. The Balaban J connectivity index is 4.29. The monoisotopic (exact) mass is 201 g/mol. The van der Waals surface area contributed by atoms with Gasteiger partial charge in [0.25, 0.3) is 0 Å². The van der Waals surface area contributed by atoms with Crippen molar-refractivity contribution in [3.05, 3.63) is 0 Å². The number of nitrogens with two attached hydrogens (primary N) is 2. The zero-order chi connectivity index (χ0) is 11.5. The second-order valence-corrected chi connectivity index (χ2v) is 4.48. The Morgan fingerprint density at radius 2 is 1.71 bits per heavy atom. The van der Waals surface area contributed by atoms with Gasteiger partial charge in [0.2, 0.25) is 11.8 Å². The maximum Gasteiger partial charge on any atom is 0.239 e. The largest absolute Gasteiger partial charge is 0.368 e. The van der Waals surface area contributed by atoms with Crippen molar-refractivity contribution in [2.45, 2.75) is 39.8 Å². The lowest BCUT2D eigenvalue weighted by molar-refractivity contribution is -0.129. The fourth-order valence-electron chi connectivity index (χ4n) is 0.768. The zero-order valence-corrected chi connectivity index (χ0v) is 9.13. The molecule has 0 spiro atoms. The topological polar surface area (TPSA) is 98.2 Å². The van der Waals surface area contributed by atoms with Crippen LogP contribution in [0.3, 0.4) is 0 Å². The molecule has 0 bridgehead atoms. The smallest absolute Gasteiger partial charge is 0.239 e. The second-order valence-electron chi connectivity index (χ2n) is 4.48. The summed E-state index contributed by atoms with van der Waals surface area (Å²) in [6.07, 6.45) is 0. The molecule has 0 fully saturated rings. The van der Waals surface area contributed by atoms with Crippen molar-refractivity contribution in [2.24, 2.45) is 16.9 Å². The van der Waals surface area contributed by atoms with E-state index < -0.39 is 18.0 Å². The van der Waals surface area contributed by atoms with Gasteiger partial charge in [0.05, 0.1) is 6.04 Å². The molecular formula is C9H19N3O2. The molecule has 0 saturated heterocycles. The summed E-state index contributed by atoms with van der Waals surface area (Å²) < 4.78 is 0. The molecule has 0 aromatic rings. The molecule has 0 aliphatic carbocycles. The number of hydrogen-bond acceptors (Lipinski definition) is 3. The fourth-order valence-corrected chi connectivity index (χ4v) is 0.768. The number of amides is 2. The summed E-state index contributed by atoms with van der Waals surface area (Å²) in [4.78, 5) is 22.1. The van der Waals surface area contributed by atoms with Crippen LogP contribution in [0.1, 0.15) is 27.7 Å². The molecule has 0 rings (SSSR count). The Morgan fingerprint density at radius 3 is 2.00 bits per heavy atom. The SMILES string of the molecule is CC(NC(=O)C(N)C(C)(C)C)C(N)=O. The molecule has 0 aliphatic heterocycles. The summed E-state index contributed by atoms with van der Waals surface area (Å²) in [6.45, 7) is 7.08. The number of hydrogen-bond donors (Lipinski definition) is 3. The number of nitrogens with one attached hydrogen (secondary N) is 1. The summed E-state index contributed by atoms with van der Waals surface area (Å²) in [6, 6.07) is -1.33. The molecule has 0 aromatic heterocycles. The molecule has 2 amide bonds. The molecule has 5 nitrogen and oxygen atoms in total. The fraction of sp³-hybridized carbons (Fsp3) is 0.778. The molecule has 0 radical (unpaired) electrons. The van der Waals surface area contributed by atoms with E-state index in [1.165, 1.54) is 6.92 Å². The Kier molecular flexibility index (Phi) is 4.07. The Labute approximate surface area is 84.2 Å². The standard InChI is InChI=1S/C9H19N3O2/c1-5(7(11)13)12-8(14)6(10)9(2,3)4/h5-6H,10H2,1-4H3,(H2,11,13)(H,12,14). The van der Waals surface area contributed by atoms with Gasteiger partial charge in [-0.05, 0) is 12.3 Å². The zero-order valence-electron chi connectivity index (χ0n) is 9.13. The Bertz CT molecular complexity index is 233. The third-order valence-corrected chi connectivity index (χ3v) is 2.00. The first-order valence-corrected chi connectivity index (χ1v) is 4.51. The van der Waals surface area contributed by atoms with Crippen LogP contribution >= 0.6 is 0 Å². The van der Waals surface area contributed by atoms with E-state index in [-0.39, 0.29) is 11.3 Å². The lowest BCUT2D eigenvalue weighted by atomic mass is 9.87. The summed E-state index contributed by atoms with van der Waals surface area (Å²) in [7, 11) is 0. The number of rotatable bonds is 3. The van der Waals surface area contributed by atoms with E-state index in [1.807, 2.05) is 20.8 Å². The number of primary amides is 1. The minimum atomic E-state index is -0.684. The van der Waals surface area contributed by atoms with Crippen molar-refractivity contribution in [2.75, 3.05) is 0 Å². The first kappa shape index (κ1) is 12.9. The maximum absolute atomic E-state index is 11.5.